The zero-order valence-corrected chi connectivity index (χ0v) is 15.0. The molecule has 0 atom stereocenters. The fraction of sp³-hybridized carbons (Fsp3) is 0. The molecule has 0 unspecified atom stereocenters. The molecule has 0 saturated heterocycles. The third kappa shape index (κ3) is 265. The van der Waals surface area contributed by atoms with Crippen molar-refractivity contribution in [3.8, 4) is 0 Å². The summed E-state index contributed by atoms with van der Waals surface area (Å²) in [5, 5.41) is 0. The topological polar surface area (TPSA) is 161 Å². The van der Waals surface area contributed by atoms with Crippen LogP contribution in [0.15, 0.2) is 0 Å². The van der Waals surface area contributed by atoms with Crippen LogP contribution in [0.3, 0.4) is 0 Å². The van der Waals surface area contributed by atoms with E-state index < -0.39 is 20.8 Å². The maximum absolute atomic E-state index is 8.52. The van der Waals surface area contributed by atoms with E-state index >= 15 is 0 Å². The van der Waals surface area contributed by atoms with Crippen LogP contribution >= 0.6 is 0 Å². The first kappa shape index (κ1) is 29.8. The molecule has 13 heavy (non-hydrogen) atoms. The predicted octanol–water partition coefficient (Wildman–Crippen LogP) is -9.05. The van der Waals surface area contributed by atoms with Gasteiger partial charge in [-0.3, -0.25) is 16.8 Å². The van der Waals surface area contributed by atoms with Crippen LogP contribution in [0.25, 0.3) is 0 Å². The zero-order valence-electron chi connectivity index (χ0n) is 6.79. The van der Waals surface area contributed by atoms with Crippen molar-refractivity contribution >= 4 is 43.9 Å². The van der Waals surface area contributed by atoms with Gasteiger partial charge in [0.25, 0.3) is 0 Å². The van der Waals surface area contributed by atoms with E-state index in [9.17, 15) is 0 Å². The van der Waals surface area contributed by atoms with E-state index in [1.807, 2.05) is 0 Å². The first-order valence-electron chi connectivity index (χ1n) is 1.33. The minimum Gasteiger partial charge on any atom is -0.759 e. The Labute approximate surface area is 156 Å². The van der Waals surface area contributed by atoms with Gasteiger partial charge >= 0.3 is 104 Å². The minimum absolute atomic E-state index is 0. The smallest absolute Gasteiger partial charge is 0.759 e. The molecule has 64 valence electrons. The van der Waals surface area contributed by atoms with E-state index in [0.717, 1.165) is 0 Å². The van der Waals surface area contributed by atoms with Crippen molar-refractivity contribution in [2.24, 2.45) is 0 Å². The Bertz CT molecular complexity index is 219. The summed E-state index contributed by atoms with van der Waals surface area (Å²) >= 11 is 0. The quantitative estimate of drug-likeness (QED) is 0.240. The molecule has 0 radical (unpaired) electrons. The van der Waals surface area contributed by atoms with E-state index in [0.29, 0.717) is 0 Å². The summed E-state index contributed by atoms with van der Waals surface area (Å²) in [5.74, 6) is 0. The molecular formula is KMgNaO8S2. The molecule has 0 heterocycles. The van der Waals surface area contributed by atoms with Gasteiger partial charge in [-0.1, -0.05) is 0 Å². The molecule has 0 rings (SSSR count). The van der Waals surface area contributed by atoms with E-state index in [-0.39, 0.29) is 104 Å². The van der Waals surface area contributed by atoms with Crippen molar-refractivity contribution in [3.05, 3.63) is 0 Å². The van der Waals surface area contributed by atoms with Crippen LogP contribution in [0.5, 0.6) is 0 Å². The number of hydrogen-bond donors (Lipinski definition) is 0. The second-order valence-electron chi connectivity index (χ2n) is 0.816. The maximum atomic E-state index is 8.52. The van der Waals surface area contributed by atoms with Crippen molar-refractivity contribution in [2.75, 3.05) is 0 Å². The van der Waals surface area contributed by atoms with Crippen molar-refractivity contribution in [3.63, 3.8) is 0 Å². The van der Waals surface area contributed by atoms with Gasteiger partial charge in [0.05, 0.1) is 0 Å². The Hall–Kier alpha value is 3.14. The molecule has 0 aromatic heterocycles. The minimum atomic E-state index is -5.17. The first-order valence-corrected chi connectivity index (χ1v) is 4.00. The van der Waals surface area contributed by atoms with Gasteiger partial charge in [-0.05, 0) is 0 Å². The van der Waals surface area contributed by atoms with Crippen molar-refractivity contribution in [1.82, 2.24) is 0 Å². The van der Waals surface area contributed by atoms with Crippen LogP contribution in [0, 0.1) is 0 Å². The van der Waals surface area contributed by atoms with Gasteiger partial charge in [-0.15, -0.1) is 0 Å². The van der Waals surface area contributed by atoms with Crippen molar-refractivity contribution in [2.45, 2.75) is 0 Å². The summed E-state index contributed by atoms with van der Waals surface area (Å²) in [5.41, 5.74) is 0. The molecular weight excluding hydrogens is 279 g/mol. The van der Waals surface area contributed by atoms with E-state index in [1.54, 1.807) is 0 Å². The molecule has 8 nitrogen and oxygen atoms in total. The zero-order chi connectivity index (χ0) is 9.00. The Morgan fingerprint density at radius 1 is 0.692 bits per heavy atom. The van der Waals surface area contributed by atoms with Crippen molar-refractivity contribution < 1.29 is 116 Å². The van der Waals surface area contributed by atoms with Crippen LogP contribution in [-0.2, 0) is 20.8 Å². The standard InChI is InChI=1S/K.Mg.Na.2H2O4S/c;;;2*1-5(2,3)4/h;;;2*(H2,1,2,3,4)/q+1;+2;+1;;/p-4. The SMILES string of the molecule is O=S(=O)([O-])[O-].O=S(=O)([O-])[O-].[K+].[Mg+2].[Na+]. The van der Waals surface area contributed by atoms with Gasteiger partial charge < -0.3 is 18.2 Å². The first-order chi connectivity index (χ1) is 4.00. The van der Waals surface area contributed by atoms with E-state index in [2.05, 4.69) is 0 Å². The molecule has 0 aromatic carbocycles. The summed E-state index contributed by atoms with van der Waals surface area (Å²) in [6.45, 7) is 0. The van der Waals surface area contributed by atoms with Crippen LogP contribution < -0.4 is 80.9 Å². The molecule has 0 bridgehead atoms. The molecule has 0 aliphatic rings. The molecule has 0 aliphatic carbocycles. The molecule has 0 aliphatic heterocycles. The number of hydrogen-bond acceptors (Lipinski definition) is 8. The predicted molar refractivity (Wildman–Crippen MR) is 26.7 cm³/mol. The molecule has 0 aromatic rings. The monoisotopic (exact) mass is 278 g/mol. The molecule has 13 heteroatoms. The number of rotatable bonds is 0. The fourth-order valence-electron chi connectivity index (χ4n) is 0. The summed E-state index contributed by atoms with van der Waals surface area (Å²) in [6.07, 6.45) is 0. The van der Waals surface area contributed by atoms with Crippen LogP contribution in [0.4, 0.5) is 0 Å². The fourth-order valence-corrected chi connectivity index (χ4v) is 0. The second kappa shape index (κ2) is 13.2. The Morgan fingerprint density at radius 3 is 0.692 bits per heavy atom. The normalized spacial score (nSPS) is 8.92. The van der Waals surface area contributed by atoms with Gasteiger partial charge in [0.2, 0.25) is 0 Å². The van der Waals surface area contributed by atoms with Gasteiger partial charge in [0.15, 0.2) is 0 Å². The van der Waals surface area contributed by atoms with Crippen LogP contribution in [-0.4, -0.2) is 58.1 Å². The third-order valence-corrected chi connectivity index (χ3v) is 0. The van der Waals surface area contributed by atoms with Gasteiger partial charge in [0, 0.05) is 20.8 Å². The van der Waals surface area contributed by atoms with Gasteiger partial charge in [-0.25, -0.2) is 0 Å². The van der Waals surface area contributed by atoms with Gasteiger partial charge in [-0.2, -0.15) is 0 Å². The molecule has 0 spiro atoms. The molecule has 0 fully saturated rings. The molecule has 0 amide bonds. The Morgan fingerprint density at radius 2 is 0.692 bits per heavy atom. The van der Waals surface area contributed by atoms with Crippen LogP contribution in [0.2, 0.25) is 0 Å². The van der Waals surface area contributed by atoms with E-state index in [4.69, 9.17) is 35.0 Å². The largest absolute Gasteiger partial charge is 2.00 e. The average Bonchev–Trinajstić information content (AvgIpc) is 1.12. The second-order valence-corrected chi connectivity index (χ2v) is 2.45. The van der Waals surface area contributed by atoms with E-state index in [1.165, 1.54) is 0 Å². The summed E-state index contributed by atoms with van der Waals surface area (Å²) in [4.78, 5) is 0. The van der Waals surface area contributed by atoms with Gasteiger partial charge in [0.1, 0.15) is 0 Å². The summed E-state index contributed by atoms with van der Waals surface area (Å²) < 4.78 is 68.2. The Kier molecular flexibility index (Phi) is 30.3. The third-order valence-electron chi connectivity index (χ3n) is 0. The van der Waals surface area contributed by atoms with Crippen LogP contribution in [0.1, 0.15) is 0 Å². The van der Waals surface area contributed by atoms with Crippen molar-refractivity contribution in [1.29, 1.82) is 0 Å². The maximum Gasteiger partial charge on any atom is 2.00 e. The summed E-state index contributed by atoms with van der Waals surface area (Å²) in [7, 11) is -10.3. The summed E-state index contributed by atoms with van der Waals surface area (Å²) in [6, 6.07) is 0. The molecule has 0 saturated carbocycles. The average molecular weight is 279 g/mol. The Balaban J connectivity index is -0.0000000267. The molecule has 0 N–H and O–H groups in total.